The van der Waals surface area contributed by atoms with Crippen LogP contribution in [0.3, 0.4) is 0 Å². The Morgan fingerprint density at radius 2 is 2.00 bits per heavy atom. The second-order valence-electron chi connectivity index (χ2n) is 6.19. The summed E-state index contributed by atoms with van der Waals surface area (Å²) in [4.78, 5) is 36.9. The molecule has 1 aliphatic rings. The molecule has 0 radical (unpaired) electrons. The van der Waals surface area contributed by atoms with E-state index >= 15 is 0 Å². The number of thiophene rings is 1. The molecule has 1 aromatic rings. The first-order valence-electron chi connectivity index (χ1n) is 8.25. The monoisotopic (exact) mass is 352 g/mol. The number of nitrogens with one attached hydrogen (secondary N) is 2. The van der Waals surface area contributed by atoms with Gasteiger partial charge >= 0.3 is 5.97 Å². The van der Waals surface area contributed by atoms with E-state index in [1.54, 1.807) is 6.07 Å². The zero-order valence-electron chi connectivity index (χ0n) is 14.1. The van der Waals surface area contributed by atoms with Crippen molar-refractivity contribution in [2.75, 3.05) is 13.2 Å². The molecule has 2 atom stereocenters. The summed E-state index contributed by atoms with van der Waals surface area (Å²) in [6.07, 6.45) is 4.39. The lowest BCUT2D eigenvalue weighted by molar-refractivity contribution is -0.147. The minimum absolute atomic E-state index is 0.159. The SMILES string of the molecule is Cc1ccc(C(=O)NCC(=O)OCC(=O)NC2CCCCC2C)s1. The maximum Gasteiger partial charge on any atom is 0.325 e. The van der Waals surface area contributed by atoms with Crippen LogP contribution in [-0.2, 0) is 14.3 Å². The minimum atomic E-state index is -0.622. The van der Waals surface area contributed by atoms with Gasteiger partial charge in [-0.1, -0.05) is 19.8 Å². The Hall–Kier alpha value is -1.89. The summed E-state index contributed by atoms with van der Waals surface area (Å²) in [5.41, 5.74) is 0. The normalized spacial score (nSPS) is 20.2. The number of amides is 2. The summed E-state index contributed by atoms with van der Waals surface area (Å²) in [5.74, 6) is -0.775. The van der Waals surface area contributed by atoms with Crippen LogP contribution in [0.1, 0.15) is 47.2 Å². The molecule has 6 nitrogen and oxygen atoms in total. The first kappa shape index (κ1) is 18.4. The fraction of sp³-hybridized carbons (Fsp3) is 0.588. The average Bonchev–Trinajstić information content (AvgIpc) is 2.99. The fourth-order valence-electron chi connectivity index (χ4n) is 2.77. The second-order valence-corrected chi connectivity index (χ2v) is 7.48. The lowest BCUT2D eigenvalue weighted by atomic mass is 9.86. The Bertz CT molecular complexity index is 599. The third-order valence-electron chi connectivity index (χ3n) is 4.18. The summed E-state index contributed by atoms with van der Waals surface area (Å²) in [6, 6.07) is 3.71. The van der Waals surface area contributed by atoms with Crippen molar-refractivity contribution in [2.24, 2.45) is 5.92 Å². The molecule has 1 fully saturated rings. The molecule has 1 aliphatic carbocycles. The molecular formula is C17H24N2O4S. The summed E-state index contributed by atoms with van der Waals surface area (Å²) in [7, 11) is 0. The summed E-state index contributed by atoms with van der Waals surface area (Å²) < 4.78 is 4.91. The Labute approximate surface area is 146 Å². The fourth-order valence-corrected chi connectivity index (χ4v) is 3.56. The van der Waals surface area contributed by atoms with Gasteiger partial charge < -0.3 is 15.4 Å². The van der Waals surface area contributed by atoms with Crippen molar-refractivity contribution in [3.8, 4) is 0 Å². The number of aryl methyl sites for hydroxylation is 1. The van der Waals surface area contributed by atoms with E-state index in [-0.39, 0.29) is 31.0 Å². The largest absolute Gasteiger partial charge is 0.454 e. The van der Waals surface area contributed by atoms with Crippen LogP contribution < -0.4 is 10.6 Å². The third-order valence-corrected chi connectivity index (χ3v) is 5.18. The van der Waals surface area contributed by atoms with Gasteiger partial charge in [0, 0.05) is 10.9 Å². The molecule has 2 N–H and O–H groups in total. The quantitative estimate of drug-likeness (QED) is 0.767. The van der Waals surface area contributed by atoms with Crippen LogP contribution in [0, 0.1) is 12.8 Å². The van der Waals surface area contributed by atoms with Crippen LogP contribution in [0.5, 0.6) is 0 Å². The van der Waals surface area contributed by atoms with Gasteiger partial charge in [0.25, 0.3) is 11.8 Å². The Balaban J connectivity index is 1.65. The number of hydrogen-bond acceptors (Lipinski definition) is 5. The van der Waals surface area contributed by atoms with Crippen LogP contribution in [-0.4, -0.2) is 37.0 Å². The maximum absolute atomic E-state index is 11.8. The minimum Gasteiger partial charge on any atom is -0.454 e. The van der Waals surface area contributed by atoms with Gasteiger partial charge in [0.05, 0.1) is 4.88 Å². The van der Waals surface area contributed by atoms with Crippen LogP contribution in [0.2, 0.25) is 0 Å². The molecule has 1 saturated carbocycles. The van der Waals surface area contributed by atoms with Gasteiger partial charge in [-0.15, -0.1) is 11.3 Å². The van der Waals surface area contributed by atoms with Crippen LogP contribution in [0.15, 0.2) is 12.1 Å². The molecule has 0 aliphatic heterocycles. The smallest absolute Gasteiger partial charge is 0.325 e. The van der Waals surface area contributed by atoms with Gasteiger partial charge in [0.1, 0.15) is 6.54 Å². The molecule has 132 valence electrons. The van der Waals surface area contributed by atoms with E-state index < -0.39 is 5.97 Å². The van der Waals surface area contributed by atoms with Gasteiger partial charge in [0.15, 0.2) is 6.61 Å². The zero-order chi connectivity index (χ0) is 17.5. The van der Waals surface area contributed by atoms with E-state index in [0.717, 1.165) is 24.1 Å². The van der Waals surface area contributed by atoms with Gasteiger partial charge in [-0.2, -0.15) is 0 Å². The van der Waals surface area contributed by atoms with Gasteiger partial charge in [0.2, 0.25) is 0 Å². The van der Waals surface area contributed by atoms with Crippen molar-refractivity contribution in [2.45, 2.75) is 45.6 Å². The zero-order valence-corrected chi connectivity index (χ0v) is 14.9. The van der Waals surface area contributed by atoms with E-state index in [2.05, 4.69) is 17.6 Å². The van der Waals surface area contributed by atoms with Crippen molar-refractivity contribution >= 4 is 29.1 Å². The molecule has 0 bridgehead atoms. The van der Waals surface area contributed by atoms with E-state index in [4.69, 9.17) is 4.74 Å². The van der Waals surface area contributed by atoms with Crippen LogP contribution >= 0.6 is 11.3 Å². The van der Waals surface area contributed by atoms with Crippen molar-refractivity contribution in [1.29, 1.82) is 0 Å². The number of carbonyl (C=O) groups excluding carboxylic acids is 3. The predicted octanol–water partition coefficient (Wildman–Crippen LogP) is 2.02. The molecule has 2 amide bonds. The summed E-state index contributed by atoms with van der Waals surface area (Å²) in [6.45, 7) is 3.47. The molecule has 7 heteroatoms. The molecule has 24 heavy (non-hydrogen) atoms. The highest BCUT2D eigenvalue weighted by Gasteiger charge is 2.23. The van der Waals surface area contributed by atoms with Gasteiger partial charge in [-0.25, -0.2) is 0 Å². The number of carbonyl (C=O) groups is 3. The average molecular weight is 352 g/mol. The molecule has 2 unspecified atom stereocenters. The third kappa shape index (κ3) is 5.63. The molecule has 1 aromatic heterocycles. The van der Waals surface area contributed by atoms with E-state index in [0.29, 0.717) is 10.8 Å². The Morgan fingerprint density at radius 1 is 1.25 bits per heavy atom. The highest BCUT2D eigenvalue weighted by Crippen LogP contribution is 2.23. The molecule has 0 spiro atoms. The second kappa shape index (κ2) is 8.82. The van der Waals surface area contributed by atoms with Crippen molar-refractivity contribution in [1.82, 2.24) is 10.6 Å². The van der Waals surface area contributed by atoms with Crippen LogP contribution in [0.25, 0.3) is 0 Å². The Morgan fingerprint density at radius 3 is 2.67 bits per heavy atom. The first-order valence-corrected chi connectivity index (χ1v) is 9.07. The number of rotatable bonds is 6. The lowest BCUT2D eigenvalue weighted by Gasteiger charge is -2.29. The molecular weight excluding hydrogens is 328 g/mol. The van der Waals surface area contributed by atoms with Crippen LogP contribution in [0.4, 0.5) is 0 Å². The standard InChI is InChI=1S/C17H24N2O4S/c1-11-5-3-4-6-13(11)19-15(20)10-23-16(21)9-18-17(22)14-8-7-12(2)24-14/h7-8,11,13H,3-6,9-10H2,1-2H3,(H,18,22)(H,19,20). The van der Waals surface area contributed by atoms with Crippen molar-refractivity contribution in [3.05, 3.63) is 21.9 Å². The van der Waals surface area contributed by atoms with E-state index in [1.165, 1.54) is 17.8 Å². The number of ether oxygens (including phenoxy) is 1. The maximum atomic E-state index is 11.8. The Kier molecular flexibility index (Phi) is 6.78. The molecule has 1 heterocycles. The van der Waals surface area contributed by atoms with Gasteiger partial charge in [-0.05, 0) is 37.8 Å². The van der Waals surface area contributed by atoms with E-state index in [1.807, 2.05) is 13.0 Å². The molecule has 2 rings (SSSR count). The van der Waals surface area contributed by atoms with Crippen molar-refractivity contribution in [3.63, 3.8) is 0 Å². The highest BCUT2D eigenvalue weighted by atomic mass is 32.1. The lowest BCUT2D eigenvalue weighted by Crippen LogP contribution is -2.43. The van der Waals surface area contributed by atoms with Crippen molar-refractivity contribution < 1.29 is 19.1 Å². The number of hydrogen-bond donors (Lipinski definition) is 2. The first-order chi connectivity index (χ1) is 11.5. The molecule has 0 saturated heterocycles. The molecule has 0 aromatic carbocycles. The summed E-state index contributed by atoms with van der Waals surface area (Å²) in [5, 5.41) is 5.41. The topological polar surface area (TPSA) is 84.5 Å². The number of esters is 1. The van der Waals surface area contributed by atoms with E-state index in [9.17, 15) is 14.4 Å². The predicted molar refractivity (Wildman–Crippen MR) is 91.9 cm³/mol. The summed E-state index contributed by atoms with van der Waals surface area (Å²) >= 11 is 1.36. The highest BCUT2D eigenvalue weighted by molar-refractivity contribution is 7.13. The van der Waals surface area contributed by atoms with Gasteiger partial charge in [-0.3, -0.25) is 14.4 Å².